The molecule has 2 atom stereocenters. The van der Waals surface area contributed by atoms with Crippen LogP contribution in [-0.4, -0.2) is 39.5 Å². The summed E-state index contributed by atoms with van der Waals surface area (Å²) in [7, 11) is 0. The van der Waals surface area contributed by atoms with E-state index in [2.05, 4.69) is 15.3 Å². The topological polar surface area (TPSA) is 109 Å². The van der Waals surface area contributed by atoms with Gasteiger partial charge in [-0.2, -0.15) is 0 Å². The van der Waals surface area contributed by atoms with Crippen LogP contribution in [0.3, 0.4) is 0 Å². The van der Waals surface area contributed by atoms with Gasteiger partial charge in [0, 0.05) is 24.0 Å². The van der Waals surface area contributed by atoms with Crippen LogP contribution < -0.4 is 10.2 Å². The summed E-state index contributed by atoms with van der Waals surface area (Å²) in [4.78, 5) is 36.1. The van der Waals surface area contributed by atoms with Crippen molar-refractivity contribution in [1.29, 1.82) is 0 Å². The number of aryl methyl sites for hydroxylation is 2. The number of furan rings is 1. The number of carbonyl (C=O) groups excluding carboxylic acids is 1. The fourth-order valence-electron chi connectivity index (χ4n) is 5.58. The highest BCUT2D eigenvalue weighted by Gasteiger charge is 2.40. The van der Waals surface area contributed by atoms with Crippen molar-refractivity contribution >= 4 is 45.5 Å². The van der Waals surface area contributed by atoms with E-state index in [4.69, 9.17) is 4.42 Å². The Morgan fingerprint density at radius 2 is 1.85 bits per heavy atom. The lowest BCUT2D eigenvalue weighted by Crippen LogP contribution is -2.36. The van der Waals surface area contributed by atoms with Gasteiger partial charge in [-0.25, -0.2) is 19.2 Å². The van der Waals surface area contributed by atoms with Crippen LogP contribution in [0.5, 0.6) is 0 Å². The van der Waals surface area contributed by atoms with Crippen LogP contribution >= 0.6 is 0 Å². The Morgan fingerprint density at radius 3 is 2.60 bits per heavy atom. The molecule has 1 saturated heterocycles. The first-order valence-corrected chi connectivity index (χ1v) is 13.1. The number of rotatable bonds is 6. The second kappa shape index (κ2) is 10.1. The van der Waals surface area contributed by atoms with Gasteiger partial charge < -0.3 is 19.7 Å². The highest BCUT2D eigenvalue weighted by atomic mass is 19.1. The number of carboxylic acid groups (broad SMARTS) is 1. The van der Waals surface area contributed by atoms with Crippen LogP contribution in [0.25, 0.3) is 33.2 Å². The van der Waals surface area contributed by atoms with Crippen molar-refractivity contribution in [2.45, 2.75) is 32.7 Å². The van der Waals surface area contributed by atoms with E-state index in [-0.39, 0.29) is 24.1 Å². The Hall–Kier alpha value is -4.79. The molecule has 2 N–H and O–H groups in total. The number of hydrogen-bond acceptors (Lipinski definition) is 6. The molecule has 0 bridgehead atoms. The molecule has 1 aliphatic rings. The van der Waals surface area contributed by atoms with Crippen molar-refractivity contribution in [2.75, 3.05) is 16.8 Å². The molecule has 8 nitrogen and oxygen atoms in total. The molecule has 1 aliphatic heterocycles. The lowest BCUT2D eigenvalue weighted by atomic mass is 10.00. The first-order valence-electron chi connectivity index (χ1n) is 13.1. The molecule has 2 aromatic heterocycles. The van der Waals surface area contributed by atoms with Crippen LogP contribution in [0.2, 0.25) is 0 Å². The highest BCUT2D eigenvalue weighted by molar-refractivity contribution is 6.06. The number of amides is 1. The van der Waals surface area contributed by atoms with E-state index in [1.807, 2.05) is 43.3 Å². The normalized spacial score (nSPS) is 17.0. The molecule has 3 heterocycles. The lowest BCUT2D eigenvalue weighted by molar-refractivity contribution is -0.138. The number of aromatic nitrogens is 2. The molecule has 0 spiro atoms. The van der Waals surface area contributed by atoms with Crippen LogP contribution in [0.1, 0.15) is 24.2 Å². The van der Waals surface area contributed by atoms with Gasteiger partial charge in [-0.05, 0) is 79.3 Å². The average Bonchev–Trinajstić information content (AvgIpc) is 3.51. The van der Waals surface area contributed by atoms with E-state index in [1.54, 1.807) is 30.0 Å². The molecule has 0 radical (unpaired) electrons. The number of hydrogen-bond donors (Lipinski definition) is 2. The van der Waals surface area contributed by atoms with E-state index in [0.717, 1.165) is 22.1 Å². The Labute approximate surface area is 229 Å². The van der Waals surface area contributed by atoms with E-state index in [9.17, 15) is 19.1 Å². The number of halogens is 1. The number of nitrogens with zero attached hydrogens (tertiary/aromatic N) is 3. The summed E-state index contributed by atoms with van der Waals surface area (Å²) >= 11 is 0. The van der Waals surface area contributed by atoms with Crippen molar-refractivity contribution in [3.63, 3.8) is 0 Å². The van der Waals surface area contributed by atoms with Gasteiger partial charge in [0.15, 0.2) is 11.4 Å². The SMILES string of the molecule is Cc1nc(N2C[C@@H](CC(=O)Nc3ccc(-c4ccc(F)cc4C)cc3)C[C@H]2C(=O)O)c2oc3ccccc3c2n1. The molecule has 40 heavy (non-hydrogen) atoms. The van der Waals surface area contributed by atoms with E-state index in [1.165, 1.54) is 12.1 Å². The summed E-state index contributed by atoms with van der Waals surface area (Å²) in [5.74, 6) is -0.710. The molecule has 9 heteroatoms. The molecule has 0 saturated carbocycles. The molecule has 1 amide bonds. The van der Waals surface area contributed by atoms with Crippen molar-refractivity contribution in [3.05, 3.63) is 83.9 Å². The largest absolute Gasteiger partial charge is 0.480 e. The third-order valence-corrected chi connectivity index (χ3v) is 7.40. The quantitative estimate of drug-likeness (QED) is 0.269. The second-order valence-electron chi connectivity index (χ2n) is 10.3. The average molecular weight is 539 g/mol. The minimum Gasteiger partial charge on any atom is -0.480 e. The van der Waals surface area contributed by atoms with E-state index in [0.29, 0.717) is 47.0 Å². The van der Waals surface area contributed by atoms with Gasteiger partial charge in [0.2, 0.25) is 5.91 Å². The standard InChI is InChI=1S/C31H27FN4O4/c1-17-13-21(32)9-12-23(17)20-7-10-22(11-8-20)35-27(37)15-19-14-25(31(38)39)36(16-19)30-29-28(33-18(2)34-30)24-5-3-4-6-26(24)40-29/h3-13,19,25H,14-16H2,1-2H3,(H,35,37)(H,38,39)/t19-,25+/m1/s1. The molecule has 0 aliphatic carbocycles. The predicted molar refractivity (Wildman–Crippen MR) is 151 cm³/mol. The van der Waals surface area contributed by atoms with Crippen molar-refractivity contribution in [2.24, 2.45) is 5.92 Å². The number of aliphatic carboxylic acids is 1. The fourth-order valence-corrected chi connectivity index (χ4v) is 5.58. The molecule has 202 valence electrons. The number of fused-ring (bicyclic) bond motifs is 3. The summed E-state index contributed by atoms with van der Waals surface area (Å²) in [6, 6.07) is 18.7. The summed E-state index contributed by atoms with van der Waals surface area (Å²) < 4.78 is 19.5. The summed E-state index contributed by atoms with van der Waals surface area (Å²) in [6.07, 6.45) is 0.461. The summed E-state index contributed by atoms with van der Waals surface area (Å²) in [6.45, 7) is 3.96. The highest BCUT2D eigenvalue weighted by Crippen LogP contribution is 2.38. The first kappa shape index (κ1) is 25.5. The summed E-state index contributed by atoms with van der Waals surface area (Å²) in [5, 5.41) is 13.8. The van der Waals surface area contributed by atoms with Crippen LogP contribution in [0.4, 0.5) is 15.9 Å². The van der Waals surface area contributed by atoms with Gasteiger partial charge in [0.1, 0.15) is 28.8 Å². The fraction of sp³-hybridized carbons (Fsp3) is 0.226. The van der Waals surface area contributed by atoms with Gasteiger partial charge >= 0.3 is 5.97 Å². The van der Waals surface area contributed by atoms with E-state index >= 15 is 0 Å². The van der Waals surface area contributed by atoms with E-state index < -0.39 is 12.0 Å². The monoisotopic (exact) mass is 538 g/mol. The van der Waals surface area contributed by atoms with Crippen molar-refractivity contribution in [3.8, 4) is 11.1 Å². The van der Waals surface area contributed by atoms with Crippen LogP contribution in [-0.2, 0) is 9.59 Å². The Balaban J connectivity index is 1.19. The number of anilines is 2. The Kier molecular flexibility index (Phi) is 6.42. The molecule has 3 aromatic carbocycles. The number of benzene rings is 3. The maximum atomic E-state index is 13.5. The summed E-state index contributed by atoms with van der Waals surface area (Å²) in [5.41, 5.74) is 5.04. The van der Waals surface area contributed by atoms with Gasteiger partial charge in [-0.1, -0.05) is 30.3 Å². The van der Waals surface area contributed by atoms with Crippen LogP contribution in [0.15, 0.2) is 71.1 Å². The molecule has 6 rings (SSSR count). The van der Waals surface area contributed by atoms with Gasteiger partial charge in [-0.15, -0.1) is 0 Å². The smallest absolute Gasteiger partial charge is 0.326 e. The zero-order valence-electron chi connectivity index (χ0n) is 22.0. The van der Waals surface area contributed by atoms with Crippen molar-refractivity contribution in [1.82, 2.24) is 9.97 Å². The second-order valence-corrected chi connectivity index (χ2v) is 10.3. The number of carbonyl (C=O) groups is 2. The molecular formula is C31H27FN4O4. The van der Waals surface area contributed by atoms with Gasteiger partial charge in [0.25, 0.3) is 0 Å². The first-order chi connectivity index (χ1) is 19.3. The number of nitrogens with one attached hydrogen (secondary N) is 1. The lowest BCUT2D eigenvalue weighted by Gasteiger charge is -2.22. The Bertz CT molecular complexity index is 1770. The molecule has 0 unspecified atom stereocenters. The number of carboxylic acids is 1. The minimum atomic E-state index is -0.977. The molecule has 5 aromatic rings. The molecular weight excluding hydrogens is 511 g/mol. The Morgan fingerprint density at radius 1 is 1.07 bits per heavy atom. The third-order valence-electron chi connectivity index (χ3n) is 7.40. The van der Waals surface area contributed by atoms with Crippen molar-refractivity contribution < 1.29 is 23.5 Å². The zero-order valence-corrected chi connectivity index (χ0v) is 22.0. The van der Waals surface area contributed by atoms with Crippen LogP contribution in [0, 0.1) is 25.6 Å². The van der Waals surface area contributed by atoms with Gasteiger partial charge in [0.05, 0.1) is 0 Å². The zero-order chi connectivity index (χ0) is 28.0. The molecule has 1 fully saturated rings. The maximum Gasteiger partial charge on any atom is 0.326 e. The van der Waals surface area contributed by atoms with Gasteiger partial charge in [-0.3, -0.25) is 4.79 Å². The third kappa shape index (κ3) is 4.75. The maximum absolute atomic E-state index is 13.5. The minimum absolute atomic E-state index is 0.159. The predicted octanol–water partition coefficient (Wildman–Crippen LogP) is 6.11. The number of para-hydroxylation sites is 1.